The summed E-state index contributed by atoms with van der Waals surface area (Å²) in [5.74, 6) is 0.475. The summed E-state index contributed by atoms with van der Waals surface area (Å²) in [4.78, 5) is 4.48. The monoisotopic (exact) mass is 329 g/mol. The van der Waals surface area contributed by atoms with E-state index in [1.807, 2.05) is 44.2 Å². The van der Waals surface area contributed by atoms with Gasteiger partial charge in [0.2, 0.25) is 0 Å². The quantitative estimate of drug-likeness (QED) is 0.786. The van der Waals surface area contributed by atoms with E-state index in [0.717, 1.165) is 28.1 Å². The van der Waals surface area contributed by atoms with Gasteiger partial charge in [0.1, 0.15) is 11.6 Å². The normalized spacial score (nSPS) is 11.6. The van der Waals surface area contributed by atoms with Crippen LogP contribution in [0.1, 0.15) is 39.7 Å². The fraction of sp³-hybridized carbons (Fsp3) is 0.200. The second-order valence-electron chi connectivity index (χ2n) is 5.99. The van der Waals surface area contributed by atoms with Crippen LogP contribution in [0.15, 0.2) is 48.7 Å². The minimum atomic E-state index is -0.218. The summed E-state index contributed by atoms with van der Waals surface area (Å²) >= 11 is 0. The number of aromatic nitrogens is 3. The minimum absolute atomic E-state index is 0.218. The molecule has 3 rings (SSSR count). The SMILES string of the molecule is Cc1cccc(C(Nc2nnc(C)c(C)c2C#N)c2ccccn2)c1. The van der Waals surface area contributed by atoms with Crippen molar-refractivity contribution in [3.63, 3.8) is 0 Å². The van der Waals surface area contributed by atoms with Crippen molar-refractivity contribution in [3.05, 3.63) is 82.3 Å². The molecule has 0 aliphatic carbocycles. The molecule has 0 spiro atoms. The van der Waals surface area contributed by atoms with Crippen LogP contribution in [-0.2, 0) is 0 Å². The topological polar surface area (TPSA) is 74.5 Å². The van der Waals surface area contributed by atoms with E-state index in [9.17, 15) is 5.26 Å². The molecule has 0 aliphatic rings. The van der Waals surface area contributed by atoms with Crippen molar-refractivity contribution in [3.8, 4) is 6.07 Å². The number of pyridine rings is 1. The first-order valence-electron chi connectivity index (χ1n) is 8.08. The maximum atomic E-state index is 9.55. The molecule has 5 heteroatoms. The Morgan fingerprint density at radius 1 is 1.04 bits per heavy atom. The lowest BCUT2D eigenvalue weighted by atomic mass is 10.0. The lowest BCUT2D eigenvalue weighted by Gasteiger charge is -2.20. The highest BCUT2D eigenvalue weighted by Gasteiger charge is 2.19. The van der Waals surface area contributed by atoms with Gasteiger partial charge in [-0.3, -0.25) is 4.98 Å². The fourth-order valence-corrected chi connectivity index (χ4v) is 2.71. The van der Waals surface area contributed by atoms with Crippen molar-refractivity contribution in [2.75, 3.05) is 5.32 Å². The number of hydrogen-bond donors (Lipinski definition) is 1. The second kappa shape index (κ2) is 7.10. The number of nitriles is 1. The van der Waals surface area contributed by atoms with Crippen LogP contribution >= 0.6 is 0 Å². The largest absolute Gasteiger partial charge is 0.355 e. The molecule has 0 saturated carbocycles. The Labute approximate surface area is 147 Å². The van der Waals surface area contributed by atoms with E-state index >= 15 is 0 Å². The number of nitrogens with zero attached hydrogens (tertiary/aromatic N) is 4. The summed E-state index contributed by atoms with van der Waals surface area (Å²) in [5.41, 5.74) is 5.18. The predicted molar refractivity (Wildman–Crippen MR) is 97.1 cm³/mol. The lowest BCUT2D eigenvalue weighted by Crippen LogP contribution is -2.17. The molecular weight excluding hydrogens is 310 g/mol. The van der Waals surface area contributed by atoms with Gasteiger partial charge in [0.05, 0.1) is 17.4 Å². The zero-order valence-corrected chi connectivity index (χ0v) is 14.5. The Morgan fingerprint density at radius 3 is 2.56 bits per heavy atom. The van der Waals surface area contributed by atoms with Gasteiger partial charge in [-0.1, -0.05) is 35.9 Å². The van der Waals surface area contributed by atoms with E-state index in [2.05, 4.69) is 45.6 Å². The van der Waals surface area contributed by atoms with Gasteiger partial charge in [0, 0.05) is 6.20 Å². The summed E-state index contributed by atoms with van der Waals surface area (Å²) < 4.78 is 0. The first kappa shape index (κ1) is 16.6. The molecule has 0 fully saturated rings. The van der Waals surface area contributed by atoms with Gasteiger partial charge in [-0.25, -0.2) is 0 Å². The predicted octanol–water partition coefficient (Wildman–Crippen LogP) is 3.87. The van der Waals surface area contributed by atoms with E-state index in [0.29, 0.717) is 11.4 Å². The smallest absolute Gasteiger partial charge is 0.167 e. The Balaban J connectivity index is 2.09. The zero-order chi connectivity index (χ0) is 17.8. The van der Waals surface area contributed by atoms with Crippen molar-refractivity contribution < 1.29 is 0 Å². The van der Waals surface area contributed by atoms with Crippen LogP contribution in [-0.4, -0.2) is 15.2 Å². The Bertz CT molecular complexity index is 929. The van der Waals surface area contributed by atoms with E-state index in [1.54, 1.807) is 6.20 Å². The van der Waals surface area contributed by atoms with Crippen molar-refractivity contribution >= 4 is 5.82 Å². The highest BCUT2D eigenvalue weighted by Crippen LogP contribution is 2.27. The van der Waals surface area contributed by atoms with Crippen LogP contribution in [0.5, 0.6) is 0 Å². The van der Waals surface area contributed by atoms with Crippen molar-refractivity contribution in [2.24, 2.45) is 0 Å². The first-order chi connectivity index (χ1) is 12.1. The van der Waals surface area contributed by atoms with E-state index < -0.39 is 0 Å². The van der Waals surface area contributed by atoms with Crippen LogP contribution in [0.4, 0.5) is 5.82 Å². The number of benzene rings is 1. The third kappa shape index (κ3) is 3.48. The fourth-order valence-electron chi connectivity index (χ4n) is 2.71. The Morgan fingerprint density at radius 2 is 1.88 bits per heavy atom. The number of nitrogens with one attached hydrogen (secondary N) is 1. The molecule has 0 radical (unpaired) electrons. The highest BCUT2D eigenvalue weighted by molar-refractivity contribution is 5.57. The average Bonchev–Trinajstić information content (AvgIpc) is 2.63. The van der Waals surface area contributed by atoms with Crippen molar-refractivity contribution in [1.82, 2.24) is 15.2 Å². The summed E-state index contributed by atoms with van der Waals surface area (Å²) in [6, 6.07) is 16.0. The molecule has 2 aromatic heterocycles. The molecule has 3 aromatic rings. The summed E-state index contributed by atoms with van der Waals surface area (Å²) in [6.45, 7) is 5.79. The van der Waals surface area contributed by atoms with E-state index in [-0.39, 0.29) is 6.04 Å². The standard InChI is InChI=1S/C20H19N5/c1-13-7-6-8-16(11-13)19(18-9-4-5-10-22-18)23-20-17(12-21)14(2)15(3)24-25-20/h4-11,19H,1-3H3,(H,23,25). The maximum Gasteiger partial charge on any atom is 0.167 e. The molecule has 1 N–H and O–H groups in total. The first-order valence-corrected chi connectivity index (χ1v) is 8.08. The molecule has 2 heterocycles. The van der Waals surface area contributed by atoms with Gasteiger partial charge in [0.25, 0.3) is 0 Å². The Kier molecular flexibility index (Phi) is 4.71. The third-order valence-corrected chi connectivity index (χ3v) is 4.21. The third-order valence-electron chi connectivity index (χ3n) is 4.21. The van der Waals surface area contributed by atoms with Crippen LogP contribution in [0.2, 0.25) is 0 Å². The molecule has 5 nitrogen and oxygen atoms in total. The second-order valence-corrected chi connectivity index (χ2v) is 5.99. The van der Waals surface area contributed by atoms with Crippen molar-refractivity contribution in [1.29, 1.82) is 5.26 Å². The molecule has 124 valence electrons. The molecule has 25 heavy (non-hydrogen) atoms. The molecule has 0 amide bonds. The number of anilines is 1. The van der Waals surface area contributed by atoms with Crippen LogP contribution in [0, 0.1) is 32.1 Å². The highest BCUT2D eigenvalue weighted by atomic mass is 15.2. The van der Waals surface area contributed by atoms with Gasteiger partial charge < -0.3 is 5.32 Å². The average molecular weight is 329 g/mol. The van der Waals surface area contributed by atoms with E-state index in [4.69, 9.17) is 0 Å². The van der Waals surface area contributed by atoms with Crippen molar-refractivity contribution in [2.45, 2.75) is 26.8 Å². The number of hydrogen-bond acceptors (Lipinski definition) is 5. The zero-order valence-electron chi connectivity index (χ0n) is 14.5. The molecular formula is C20H19N5. The molecule has 1 atom stereocenters. The van der Waals surface area contributed by atoms with Crippen LogP contribution < -0.4 is 5.32 Å². The van der Waals surface area contributed by atoms with Crippen LogP contribution in [0.25, 0.3) is 0 Å². The summed E-state index contributed by atoms with van der Waals surface area (Å²) in [6.07, 6.45) is 1.76. The van der Waals surface area contributed by atoms with Gasteiger partial charge in [0.15, 0.2) is 5.82 Å². The number of aryl methyl sites for hydroxylation is 2. The Hall–Kier alpha value is -3.26. The molecule has 0 bridgehead atoms. The molecule has 0 saturated heterocycles. The summed E-state index contributed by atoms with van der Waals surface area (Å²) in [5, 5.41) is 21.3. The van der Waals surface area contributed by atoms with Crippen LogP contribution in [0.3, 0.4) is 0 Å². The molecule has 1 aromatic carbocycles. The number of rotatable bonds is 4. The van der Waals surface area contributed by atoms with Gasteiger partial charge in [-0.05, 0) is 44.0 Å². The maximum absolute atomic E-state index is 9.55. The van der Waals surface area contributed by atoms with Gasteiger partial charge in [-0.2, -0.15) is 10.4 Å². The molecule has 1 unspecified atom stereocenters. The van der Waals surface area contributed by atoms with Gasteiger partial charge >= 0.3 is 0 Å². The minimum Gasteiger partial charge on any atom is -0.355 e. The van der Waals surface area contributed by atoms with E-state index in [1.165, 1.54) is 0 Å². The molecule has 0 aliphatic heterocycles. The summed E-state index contributed by atoms with van der Waals surface area (Å²) in [7, 11) is 0. The lowest BCUT2D eigenvalue weighted by molar-refractivity contribution is 0.854. The van der Waals surface area contributed by atoms with Gasteiger partial charge in [-0.15, -0.1) is 5.10 Å².